The van der Waals surface area contributed by atoms with E-state index in [2.05, 4.69) is 5.32 Å². The summed E-state index contributed by atoms with van der Waals surface area (Å²) in [7, 11) is -2.91. The summed E-state index contributed by atoms with van der Waals surface area (Å²) in [5.74, 6) is -0.0603. The monoisotopic (exact) mass is 313 g/mol. The van der Waals surface area contributed by atoms with Gasteiger partial charge in [-0.2, -0.15) is 0 Å². The molecule has 2 saturated heterocycles. The van der Waals surface area contributed by atoms with Crippen LogP contribution in [-0.4, -0.2) is 30.9 Å². The van der Waals surface area contributed by atoms with Crippen LogP contribution in [0.4, 0.5) is 0 Å². The quantitative estimate of drug-likeness (QED) is 0.910. The van der Waals surface area contributed by atoms with E-state index < -0.39 is 9.84 Å². The highest BCUT2D eigenvalue weighted by Gasteiger charge is 2.47. The first-order chi connectivity index (χ1) is 9.38. The predicted octanol–water partition coefficient (Wildman–Crippen LogP) is 2.20. The third-order valence-corrected chi connectivity index (χ3v) is 8.43. The lowest BCUT2D eigenvalue weighted by atomic mass is 10.1. The van der Waals surface area contributed by atoms with E-state index in [0.29, 0.717) is 12.8 Å². The first-order valence-electron chi connectivity index (χ1n) is 6.98. The zero-order valence-electron chi connectivity index (χ0n) is 11.7. The molecule has 2 atom stereocenters. The molecule has 1 amide bonds. The van der Waals surface area contributed by atoms with Gasteiger partial charge in [-0.05, 0) is 51.2 Å². The highest BCUT2D eigenvalue weighted by molar-refractivity contribution is 7.93. The number of sulfone groups is 1. The van der Waals surface area contributed by atoms with Gasteiger partial charge in [0.2, 0.25) is 0 Å². The average molecular weight is 313 g/mol. The molecule has 6 heteroatoms. The molecular formula is C14H19NO3S2. The number of amides is 1. The normalized spacial score (nSPS) is 31.2. The van der Waals surface area contributed by atoms with Crippen LogP contribution in [0.5, 0.6) is 0 Å². The molecule has 2 unspecified atom stereocenters. The van der Waals surface area contributed by atoms with Crippen molar-refractivity contribution in [2.75, 3.05) is 0 Å². The summed E-state index contributed by atoms with van der Waals surface area (Å²) < 4.78 is 24.0. The summed E-state index contributed by atoms with van der Waals surface area (Å²) in [5.41, 5.74) is 1.13. The molecule has 3 rings (SSSR count). The van der Waals surface area contributed by atoms with Crippen molar-refractivity contribution in [2.24, 2.45) is 0 Å². The number of rotatable bonds is 2. The molecule has 0 aliphatic carbocycles. The van der Waals surface area contributed by atoms with Crippen molar-refractivity contribution in [1.82, 2.24) is 5.32 Å². The molecule has 2 aliphatic rings. The van der Waals surface area contributed by atoms with E-state index in [1.165, 1.54) is 11.3 Å². The minimum absolute atomic E-state index is 0.00578. The fourth-order valence-electron chi connectivity index (χ4n) is 3.27. The number of carbonyl (C=O) groups excluding carboxylic acids is 1. The van der Waals surface area contributed by atoms with Crippen LogP contribution in [0.3, 0.4) is 0 Å². The standard InChI is InChI=1S/C14H19NO3S2/c1-8-5-13(19-9(8)2)14(16)15-10-6-11-3-4-12(7-10)20(11,17)18/h5,10-12H,3-4,6-7H2,1-2H3,(H,15,16). The minimum atomic E-state index is -2.91. The number of aryl methyl sites for hydroxylation is 2. The zero-order chi connectivity index (χ0) is 14.5. The Morgan fingerprint density at radius 3 is 2.35 bits per heavy atom. The summed E-state index contributed by atoms with van der Waals surface area (Å²) in [6, 6.07) is 1.91. The van der Waals surface area contributed by atoms with Gasteiger partial charge in [0.25, 0.3) is 5.91 Å². The molecule has 2 bridgehead atoms. The van der Waals surface area contributed by atoms with E-state index in [-0.39, 0.29) is 22.4 Å². The van der Waals surface area contributed by atoms with Gasteiger partial charge < -0.3 is 5.32 Å². The lowest BCUT2D eigenvalue weighted by molar-refractivity contribution is 0.0936. The Morgan fingerprint density at radius 1 is 1.25 bits per heavy atom. The maximum atomic E-state index is 12.2. The van der Waals surface area contributed by atoms with Crippen LogP contribution in [0.15, 0.2) is 6.07 Å². The van der Waals surface area contributed by atoms with Crippen molar-refractivity contribution < 1.29 is 13.2 Å². The molecule has 0 aromatic carbocycles. The maximum Gasteiger partial charge on any atom is 0.261 e. The van der Waals surface area contributed by atoms with Gasteiger partial charge in [0, 0.05) is 10.9 Å². The van der Waals surface area contributed by atoms with Gasteiger partial charge in [0.1, 0.15) is 0 Å². The van der Waals surface area contributed by atoms with Crippen molar-refractivity contribution in [3.63, 3.8) is 0 Å². The van der Waals surface area contributed by atoms with Crippen LogP contribution >= 0.6 is 11.3 Å². The average Bonchev–Trinajstić information content (AvgIpc) is 2.73. The van der Waals surface area contributed by atoms with Gasteiger partial charge in [-0.1, -0.05) is 0 Å². The van der Waals surface area contributed by atoms with E-state index in [1.807, 2.05) is 19.9 Å². The second-order valence-electron chi connectivity index (χ2n) is 5.90. The molecule has 0 saturated carbocycles. The van der Waals surface area contributed by atoms with Crippen LogP contribution < -0.4 is 5.32 Å². The van der Waals surface area contributed by atoms with Crippen LogP contribution in [-0.2, 0) is 9.84 Å². The molecule has 2 aliphatic heterocycles. The maximum absolute atomic E-state index is 12.2. The summed E-state index contributed by atoms with van der Waals surface area (Å²) in [5, 5.41) is 2.55. The summed E-state index contributed by atoms with van der Waals surface area (Å²) in [6.07, 6.45) is 2.68. The summed E-state index contributed by atoms with van der Waals surface area (Å²) >= 11 is 1.50. The SMILES string of the molecule is Cc1cc(C(=O)NC2CC3CCC(C2)S3(=O)=O)sc1C. The Labute approximate surface area is 123 Å². The molecule has 20 heavy (non-hydrogen) atoms. The number of nitrogens with one attached hydrogen (secondary N) is 1. The summed E-state index contributed by atoms with van der Waals surface area (Å²) in [4.78, 5) is 14.1. The number of thiophene rings is 1. The molecular weight excluding hydrogens is 294 g/mol. The third-order valence-electron chi connectivity index (χ3n) is 4.56. The lowest BCUT2D eigenvalue weighted by Crippen LogP contribution is -2.45. The molecule has 3 heterocycles. The van der Waals surface area contributed by atoms with Crippen molar-refractivity contribution in [3.8, 4) is 0 Å². The first kappa shape index (κ1) is 14.1. The molecule has 0 radical (unpaired) electrons. The minimum Gasteiger partial charge on any atom is -0.349 e. The largest absolute Gasteiger partial charge is 0.349 e. The number of hydrogen-bond acceptors (Lipinski definition) is 4. The van der Waals surface area contributed by atoms with E-state index in [4.69, 9.17) is 0 Å². The highest BCUT2D eigenvalue weighted by Crippen LogP contribution is 2.38. The van der Waals surface area contributed by atoms with E-state index in [9.17, 15) is 13.2 Å². The highest BCUT2D eigenvalue weighted by atomic mass is 32.2. The lowest BCUT2D eigenvalue weighted by Gasteiger charge is -2.28. The van der Waals surface area contributed by atoms with Crippen molar-refractivity contribution in [1.29, 1.82) is 0 Å². The van der Waals surface area contributed by atoms with E-state index >= 15 is 0 Å². The van der Waals surface area contributed by atoms with Crippen molar-refractivity contribution >= 4 is 27.1 Å². The number of fused-ring (bicyclic) bond motifs is 2. The van der Waals surface area contributed by atoms with Crippen molar-refractivity contribution in [2.45, 2.75) is 56.1 Å². The Hall–Kier alpha value is -0.880. The Morgan fingerprint density at radius 2 is 1.85 bits per heavy atom. The topological polar surface area (TPSA) is 63.2 Å². The van der Waals surface area contributed by atoms with Gasteiger partial charge in [-0.15, -0.1) is 11.3 Å². The number of carbonyl (C=O) groups is 1. The predicted molar refractivity (Wildman–Crippen MR) is 80.0 cm³/mol. The Bertz CT molecular complexity index is 608. The van der Waals surface area contributed by atoms with Crippen LogP contribution in [0.2, 0.25) is 0 Å². The molecule has 1 N–H and O–H groups in total. The molecule has 2 fully saturated rings. The fraction of sp³-hybridized carbons (Fsp3) is 0.643. The van der Waals surface area contributed by atoms with Gasteiger partial charge in [0.05, 0.1) is 15.4 Å². The molecule has 0 spiro atoms. The smallest absolute Gasteiger partial charge is 0.261 e. The summed E-state index contributed by atoms with van der Waals surface area (Å²) in [6.45, 7) is 4.00. The first-order valence-corrected chi connectivity index (χ1v) is 9.41. The van der Waals surface area contributed by atoms with Gasteiger partial charge in [0.15, 0.2) is 9.84 Å². The Balaban J connectivity index is 1.69. The van der Waals surface area contributed by atoms with Crippen LogP contribution in [0.1, 0.15) is 45.8 Å². The van der Waals surface area contributed by atoms with Crippen LogP contribution in [0.25, 0.3) is 0 Å². The fourth-order valence-corrected chi connectivity index (χ4v) is 6.68. The third kappa shape index (κ3) is 2.29. The van der Waals surface area contributed by atoms with Gasteiger partial charge in [-0.25, -0.2) is 8.42 Å². The van der Waals surface area contributed by atoms with E-state index in [1.54, 1.807) is 0 Å². The second-order valence-corrected chi connectivity index (χ2v) is 9.67. The Kier molecular flexibility index (Phi) is 3.41. The second kappa shape index (κ2) is 4.84. The number of hydrogen-bond donors (Lipinski definition) is 1. The van der Waals surface area contributed by atoms with Gasteiger partial charge in [-0.3, -0.25) is 4.79 Å². The van der Waals surface area contributed by atoms with Gasteiger partial charge >= 0.3 is 0 Å². The molecule has 1 aromatic heterocycles. The molecule has 4 nitrogen and oxygen atoms in total. The molecule has 110 valence electrons. The van der Waals surface area contributed by atoms with Crippen molar-refractivity contribution in [3.05, 3.63) is 21.4 Å². The zero-order valence-corrected chi connectivity index (χ0v) is 13.3. The van der Waals surface area contributed by atoms with E-state index in [0.717, 1.165) is 28.2 Å². The van der Waals surface area contributed by atoms with Crippen LogP contribution in [0, 0.1) is 13.8 Å². The molecule has 1 aromatic rings.